The van der Waals surface area contributed by atoms with Crippen LogP contribution in [0.1, 0.15) is 19.4 Å². The van der Waals surface area contributed by atoms with Crippen molar-refractivity contribution < 1.29 is 30.0 Å². The first kappa shape index (κ1) is 24.2. The van der Waals surface area contributed by atoms with Crippen molar-refractivity contribution >= 4 is 16.7 Å². The molecule has 0 aliphatic rings. The fourth-order valence-electron chi connectivity index (χ4n) is 3.25. The van der Waals surface area contributed by atoms with Crippen LogP contribution < -0.4 is 0 Å². The van der Waals surface area contributed by atoms with Gasteiger partial charge in [0.15, 0.2) is 5.78 Å². The van der Waals surface area contributed by atoms with Gasteiger partial charge in [0.25, 0.3) is 0 Å². The minimum atomic E-state index is -0.125. The van der Waals surface area contributed by atoms with E-state index in [0.717, 1.165) is 16.8 Å². The monoisotopic (exact) mass is 587 g/mol. The van der Waals surface area contributed by atoms with E-state index in [-0.39, 0.29) is 31.6 Å². The number of ketones is 1. The number of benzene rings is 3. The molecule has 31 heavy (non-hydrogen) atoms. The van der Waals surface area contributed by atoms with E-state index in [1.165, 1.54) is 42.0 Å². The van der Waals surface area contributed by atoms with E-state index in [9.17, 15) is 4.79 Å². The van der Waals surface area contributed by atoms with Crippen LogP contribution in [0.5, 0.6) is 0 Å². The quantitative estimate of drug-likeness (QED) is 0.165. The van der Waals surface area contributed by atoms with Crippen LogP contribution in [0.15, 0.2) is 90.7 Å². The van der Waals surface area contributed by atoms with E-state index in [1.54, 1.807) is 0 Å². The van der Waals surface area contributed by atoms with Crippen molar-refractivity contribution in [2.45, 2.75) is 20.8 Å². The van der Waals surface area contributed by atoms with E-state index in [1.807, 2.05) is 24.3 Å². The van der Waals surface area contributed by atoms with Crippen LogP contribution in [-0.2, 0) is 24.9 Å². The maximum absolute atomic E-state index is 10.0. The van der Waals surface area contributed by atoms with Gasteiger partial charge in [-0.05, 0) is 36.7 Å². The standard InChI is InChI=1S/C22H16N.C5H8O2.Ir/c1-16-9-5-6-12-18(16)22-15-20(17-10-3-2-4-11-17)19-13-7-8-14-21(19)23-22;1-4(6)3-5(2)7;/h2-11,13-15H,1H3;3,6H,1-2H3;/q-1;;/b;4-3-;. The molecule has 0 atom stereocenters. The fraction of sp³-hybridized carbons (Fsp3) is 0.111. The van der Waals surface area contributed by atoms with Crippen LogP contribution >= 0.6 is 0 Å². The maximum atomic E-state index is 10.0. The predicted octanol–water partition coefficient (Wildman–Crippen LogP) is 6.71. The van der Waals surface area contributed by atoms with Gasteiger partial charge in [0.1, 0.15) is 0 Å². The van der Waals surface area contributed by atoms with Crippen LogP contribution in [-0.4, -0.2) is 15.9 Å². The minimum absolute atomic E-state index is 0. The van der Waals surface area contributed by atoms with Crippen molar-refractivity contribution in [3.05, 3.63) is 102 Å². The molecule has 0 unspecified atom stereocenters. The molecule has 0 saturated carbocycles. The molecule has 4 rings (SSSR count). The third-order valence-corrected chi connectivity index (χ3v) is 4.53. The second-order valence-corrected chi connectivity index (χ2v) is 7.06. The molecule has 0 spiro atoms. The average Bonchev–Trinajstić information content (AvgIpc) is 2.73. The van der Waals surface area contributed by atoms with Gasteiger partial charge in [-0.15, -0.1) is 35.4 Å². The molecule has 1 aromatic heterocycles. The van der Waals surface area contributed by atoms with Crippen molar-refractivity contribution in [1.82, 2.24) is 4.98 Å². The Labute approximate surface area is 196 Å². The van der Waals surface area contributed by atoms with Crippen LogP contribution in [0, 0.1) is 13.0 Å². The van der Waals surface area contributed by atoms with E-state index in [2.05, 4.69) is 67.6 Å². The molecule has 0 amide bonds. The van der Waals surface area contributed by atoms with Gasteiger partial charge in [-0.2, -0.15) is 0 Å². The van der Waals surface area contributed by atoms with Crippen LogP contribution in [0.2, 0.25) is 0 Å². The number of fused-ring (bicyclic) bond motifs is 1. The number of nitrogens with zero attached hydrogens (tertiary/aromatic N) is 1. The Hall–Kier alpha value is -3.07. The molecule has 3 aromatic carbocycles. The molecule has 0 fully saturated rings. The van der Waals surface area contributed by atoms with Gasteiger partial charge in [-0.25, -0.2) is 0 Å². The largest absolute Gasteiger partial charge is 0.512 e. The summed E-state index contributed by atoms with van der Waals surface area (Å²) in [4.78, 5) is 14.9. The number of aromatic nitrogens is 1. The maximum Gasteiger partial charge on any atom is 0.155 e. The van der Waals surface area contributed by atoms with Crippen LogP contribution in [0.4, 0.5) is 0 Å². The van der Waals surface area contributed by atoms with Crippen molar-refractivity contribution in [2.24, 2.45) is 0 Å². The molecule has 1 heterocycles. The Kier molecular flexibility index (Phi) is 8.87. The number of aryl methyl sites for hydroxylation is 1. The summed E-state index contributed by atoms with van der Waals surface area (Å²) in [5.74, 6) is -0.0625. The number of carbonyl (C=O) groups is 1. The van der Waals surface area contributed by atoms with E-state index in [0.29, 0.717) is 0 Å². The first-order valence-electron chi connectivity index (χ1n) is 9.76. The summed E-state index contributed by atoms with van der Waals surface area (Å²) in [7, 11) is 0. The number of allylic oxidation sites excluding steroid dienone is 2. The molecule has 3 nitrogen and oxygen atoms in total. The van der Waals surface area contributed by atoms with Gasteiger partial charge < -0.3 is 5.11 Å². The number of rotatable bonds is 3. The van der Waals surface area contributed by atoms with Gasteiger partial charge in [0.05, 0.1) is 11.3 Å². The molecule has 0 aliphatic heterocycles. The molecular formula is C27H24IrNO2-. The molecule has 0 aliphatic carbocycles. The molecule has 0 bridgehead atoms. The number of aliphatic hydroxyl groups is 1. The van der Waals surface area contributed by atoms with Gasteiger partial charge in [-0.1, -0.05) is 61.5 Å². The zero-order valence-corrected chi connectivity index (χ0v) is 20.1. The summed E-state index contributed by atoms with van der Waals surface area (Å²) >= 11 is 0. The predicted molar refractivity (Wildman–Crippen MR) is 123 cm³/mol. The summed E-state index contributed by atoms with van der Waals surface area (Å²) in [6.45, 7) is 4.95. The zero-order chi connectivity index (χ0) is 21.5. The Morgan fingerprint density at radius 1 is 0.968 bits per heavy atom. The van der Waals surface area contributed by atoms with Crippen LogP contribution in [0.25, 0.3) is 33.3 Å². The Morgan fingerprint density at radius 2 is 1.65 bits per heavy atom. The summed E-state index contributed by atoms with van der Waals surface area (Å²) < 4.78 is 0. The summed E-state index contributed by atoms with van der Waals surface area (Å²) in [6.07, 6.45) is 1.17. The number of para-hydroxylation sites is 1. The summed E-state index contributed by atoms with van der Waals surface area (Å²) in [5.41, 5.74) is 6.66. The topological polar surface area (TPSA) is 50.2 Å². The number of pyridine rings is 1. The van der Waals surface area contributed by atoms with Crippen molar-refractivity contribution in [3.8, 4) is 22.4 Å². The third-order valence-electron chi connectivity index (χ3n) is 4.53. The van der Waals surface area contributed by atoms with Crippen LogP contribution in [0.3, 0.4) is 0 Å². The minimum Gasteiger partial charge on any atom is -0.512 e. The molecule has 4 aromatic rings. The molecular weight excluding hydrogens is 563 g/mol. The van der Waals surface area contributed by atoms with Crippen molar-refractivity contribution in [1.29, 1.82) is 0 Å². The number of hydrogen-bond acceptors (Lipinski definition) is 3. The number of hydrogen-bond donors (Lipinski definition) is 1. The smallest absolute Gasteiger partial charge is 0.155 e. The average molecular weight is 587 g/mol. The third kappa shape index (κ3) is 6.45. The molecule has 4 heteroatoms. The second kappa shape index (κ2) is 11.4. The fourth-order valence-corrected chi connectivity index (χ4v) is 3.25. The zero-order valence-electron chi connectivity index (χ0n) is 17.7. The molecule has 159 valence electrons. The van der Waals surface area contributed by atoms with Gasteiger partial charge in [0.2, 0.25) is 0 Å². The normalized spacial score (nSPS) is 10.6. The van der Waals surface area contributed by atoms with Crippen molar-refractivity contribution in [3.63, 3.8) is 0 Å². The molecule has 0 saturated heterocycles. The SMILES string of the molecule is CC(=O)/C=C(/C)O.Cc1ccc[c-]c1-c1cc(-c2ccccc2)c2ccccc2n1.[Ir]. The Bertz CT molecular complexity index is 1200. The van der Waals surface area contributed by atoms with E-state index < -0.39 is 0 Å². The second-order valence-electron chi connectivity index (χ2n) is 7.06. The molecule has 1 radical (unpaired) electrons. The van der Waals surface area contributed by atoms with E-state index >= 15 is 0 Å². The van der Waals surface area contributed by atoms with Crippen molar-refractivity contribution in [2.75, 3.05) is 0 Å². The summed E-state index contributed by atoms with van der Waals surface area (Å²) in [5, 5.41) is 9.54. The first-order chi connectivity index (χ1) is 14.5. The number of aliphatic hydroxyl groups excluding tert-OH is 1. The van der Waals surface area contributed by atoms with Gasteiger partial charge >= 0.3 is 0 Å². The first-order valence-corrected chi connectivity index (χ1v) is 9.76. The Morgan fingerprint density at radius 3 is 2.26 bits per heavy atom. The number of carbonyl (C=O) groups excluding carboxylic acids is 1. The van der Waals surface area contributed by atoms with E-state index in [4.69, 9.17) is 10.1 Å². The molecule has 1 N–H and O–H groups in total. The van der Waals surface area contributed by atoms with Gasteiger partial charge in [0, 0.05) is 31.6 Å². The Balaban J connectivity index is 0.000000373. The van der Waals surface area contributed by atoms with Gasteiger partial charge in [-0.3, -0.25) is 9.78 Å². The summed E-state index contributed by atoms with van der Waals surface area (Å²) in [6, 6.07) is 30.4.